The summed E-state index contributed by atoms with van der Waals surface area (Å²) in [5, 5.41) is 6.63. The van der Waals surface area contributed by atoms with Crippen molar-refractivity contribution in [1.29, 1.82) is 0 Å². The lowest BCUT2D eigenvalue weighted by molar-refractivity contribution is 0.329. The Bertz CT molecular complexity index is 1650. The summed E-state index contributed by atoms with van der Waals surface area (Å²) in [6.07, 6.45) is 1.25. The molecule has 0 N–H and O–H groups in total. The molecule has 0 saturated heterocycles. The Morgan fingerprint density at radius 3 is 1.26 bits per heavy atom. The van der Waals surface area contributed by atoms with Crippen LogP contribution in [0.15, 0.2) is 66.7 Å². The fourth-order valence-electron chi connectivity index (χ4n) is 6.20. The van der Waals surface area contributed by atoms with Crippen LogP contribution in [0.3, 0.4) is 0 Å². The molecule has 1 atom stereocenters. The molecular formula is C35H34F4. The van der Waals surface area contributed by atoms with E-state index in [0.717, 1.165) is 37.9 Å². The van der Waals surface area contributed by atoms with Crippen LogP contribution >= 0.6 is 0 Å². The van der Waals surface area contributed by atoms with Gasteiger partial charge >= 0.3 is 0 Å². The monoisotopic (exact) mass is 530 g/mol. The second-order valence-electron chi connectivity index (χ2n) is 11.3. The van der Waals surface area contributed by atoms with Gasteiger partial charge in [0, 0.05) is 16.5 Å². The Balaban J connectivity index is 1.69. The summed E-state index contributed by atoms with van der Waals surface area (Å²) >= 11 is 0. The van der Waals surface area contributed by atoms with E-state index in [9.17, 15) is 0 Å². The largest absolute Gasteiger partial charge is 0.203 e. The number of hydrogen-bond acceptors (Lipinski definition) is 0. The molecule has 0 saturated carbocycles. The highest BCUT2D eigenvalue weighted by molar-refractivity contribution is 6.25. The normalized spacial score (nSPS) is 13.9. The maximum absolute atomic E-state index is 15.7. The van der Waals surface area contributed by atoms with Crippen LogP contribution < -0.4 is 0 Å². The van der Waals surface area contributed by atoms with Crippen molar-refractivity contribution in [2.24, 2.45) is 0 Å². The standard InChI is InChI=1S/C35H34F4/c1-6-34(4,7-2)28-30(36)32(38)29(33(39)31(28)37)35(5,8-3)20-21-17-18-26-24-15-10-9-13-22(24)23-14-11-12-16-25(23)27(26)19-21/h9-19H,6-8,20H2,1-5H3. The fraction of sp³-hybridized carbons (Fsp3) is 0.314. The highest BCUT2D eigenvalue weighted by Crippen LogP contribution is 2.43. The average molecular weight is 531 g/mol. The molecule has 5 aromatic rings. The zero-order valence-corrected chi connectivity index (χ0v) is 23.2. The molecule has 0 aliphatic heterocycles. The third-order valence-corrected chi connectivity index (χ3v) is 9.21. The van der Waals surface area contributed by atoms with E-state index in [1.54, 1.807) is 34.6 Å². The molecule has 0 heterocycles. The van der Waals surface area contributed by atoms with Gasteiger partial charge in [-0.15, -0.1) is 0 Å². The molecule has 4 heteroatoms. The number of halogens is 4. The first kappa shape index (κ1) is 27.2. The van der Waals surface area contributed by atoms with Gasteiger partial charge in [-0.1, -0.05) is 101 Å². The van der Waals surface area contributed by atoms with Crippen molar-refractivity contribution in [1.82, 2.24) is 0 Å². The van der Waals surface area contributed by atoms with Gasteiger partial charge in [-0.05, 0) is 69.0 Å². The summed E-state index contributed by atoms with van der Waals surface area (Å²) in [6, 6.07) is 22.5. The number of fused-ring (bicyclic) bond motifs is 6. The van der Waals surface area contributed by atoms with E-state index in [-0.39, 0.29) is 6.42 Å². The van der Waals surface area contributed by atoms with Gasteiger partial charge in [0.05, 0.1) is 0 Å². The Hall–Kier alpha value is -3.40. The van der Waals surface area contributed by atoms with Crippen molar-refractivity contribution in [3.8, 4) is 0 Å². The van der Waals surface area contributed by atoms with Crippen LogP contribution in [-0.4, -0.2) is 0 Å². The molecule has 1 unspecified atom stereocenters. The topological polar surface area (TPSA) is 0 Å². The number of rotatable bonds is 7. The van der Waals surface area contributed by atoms with E-state index in [0.29, 0.717) is 19.3 Å². The lowest BCUT2D eigenvalue weighted by atomic mass is 9.71. The SMILES string of the molecule is CCC(C)(CC)c1c(F)c(F)c(C(C)(CC)Cc2ccc3c4ccccc4c4ccccc4c3c2)c(F)c1F. The number of benzene rings is 5. The Kier molecular flexibility index (Phi) is 6.95. The number of hydrogen-bond donors (Lipinski definition) is 0. The van der Waals surface area contributed by atoms with Crippen LogP contribution in [0.2, 0.25) is 0 Å². The maximum Gasteiger partial charge on any atom is 0.166 e. The van der Waals surface area contributed by atoms with Crippen LogP contribution in [0.25, 0.3) is 32.3 Å². The van der Waals surface area contributed by atoms with Crippen molar-refractivity contribution < 1.29 is 17.6 Å². The Morgan fingerprint density at radius 1 is 0.487 bits per heavy atom. The van der Waals surface area contributed by atoms with Gasteiger partial charge in [-0.2, -0.15) is 0 Å². The van der Waals surface area contributed by atoms with Crippen LogP contribution in [0.5, 0.6) is 0 Å². The minimum Gasteiger partial charge on any atom is -0.203 e. The molecule has 0 bridgehead atoms. The maximum atomic E-state index is 15.7. The first-order chi connectivity index (χ1) is 18.6. The average Bonchev–Trinajstić information content (AvgIpc) is 2.96. The van der Waals surface area contributed by atoms with E-state index >= 15 is 17.6 Å². The molecule has 0 aliphatic rings. The van der Waals surface area contributed by atoms with Gasteiger partial charge in [-0.3, -0.25) is 0 Å². The van der Waals surface area contributed by atoms with Crippen molar-refractivity contribution >= 4 is 32.3 Å². The predicted octanol–water partition coefficient (Wildman–Crippen LogP) is 10.7. The van der Waals surface area contributed by atoms with Crippen LogP contribution in [0, 0.1) is 23.3 Å². The van der Waals surface area contributed by atoms with Crippen molar-refractivity contribution in [2.45, 2.75) is 71.1 Å². The summed E-state index contributed by atoms with van der Waals surface area (Å²) in [7, 11) is 0. The van der Waals surface area contributed by atoms with Gasteiger partial charge in [0.2, 0.25) is 0 Å². The van der Waals surface area contributed by atoms with Crippen LogP contribution in [-0.2, 0) is 17.3 Å². The predicted molar refractivity (Wildman–Crippen MR) is 155 cm³/mol. The highest BCUT2D eigenvalue weighted by atomic mass is 19.2. The van der Waals surface area contributed by atoms with E-state index in [1.807, 2.05) is 36.4 Å². The molecule has 0 nitrogen and oxygen atoms in total. The molecule has 0 aromatic heterocycles. The van der Waals surface area contributed by atoms with Gasteiger partial charge in [0.15, 0.2) is 23.3 Å². The molecule has 0 amide bonds. The first-order valence-electron chi connectivity index (χ1n) is 13.8. The highest BCUT2D eigenvalue weighted by Gasteiger charge is 2.40. The summed E-state index contributed by atoms with van der Waals surface area (Å²) in [6.45, 7) is 8.68. The Morgan fingerprint density at radius 2 is 0.846 bits per heavy atom. The minimum absolute atomic E-state index is 0.228. The third kappa shape index (κ3) is 4.20. The van der Waals surface area contributed by atoms with E-state index in [4.69, 9.17) is 0 Å². The van der Waals surface area contributed by atoms with Gasteiger partial charge in [-0.25, -0.2) is 17.6 Å². The summed E-state index contributed by atoms with van der Waals surface area (Å²) in [5.74, 6) is -5.10. The van der Waals surface area contributed by atoms with E-state index in [2.05, 4.69) is 30.3 Å². The summed E-state index contributed by atoms with van der Waals surface area (Å²) in [5.41, 5.74) is -2.32. The minimum atomic E-state index is -1.28. The fourth-order valence-corrected chi connectivity index (χ4v) is 6.20. The van der Waals surface area contributed by atoms with Crippen molar-refractivity contribution in [3.05, 3.63) is 107 Å². The molecule has 0 aliphatic carbocycles. The lowest BCUT2D eigenvalue weighted by Crippen LogP contribution is -2.31. The molecule has 5 aromatic carbocycles. The molecule has 202 valence electrons. The second kappa shape index (κ2) is 9.97. The first-order valence-corrected chi connectivity index (χ1v) is 13.8. The van der Waals surface area contributed by atoms with Crippen LogP contribution in [0.1, 0.15) is 70.6 Å². The van der Waals surface area contributed by atoms with Gasteiger partial charge < -0.3 is 0 Å². The molecule has 0 radical (unpaired) electrons. The molecule has 0 spiro atoms. The zero-order valence-electron chi connectivity index (χ0n) is 23.2. The zero-order chi connectivity index (χ0) is 28.1. The summed E-state index contributed by atoms with van der Waals surface area (Å²) in [4.78, 5) is 0. The van der Waals surface area contributed by atoms with Gasteiger partial charge in [0.1, 0.15) is 0 Å². The Labute approximate surface area is 227 Å². The molecule has 0 fully saturated rings. The third-order valence-electron chi connectivity index (χ3n) is 9.21. The van der Waals surface area contributed by atoms with E-state index in [1.165, 1.54) is 0 Å². The second-order valence-corrected chi connectivity index (χ2v) is 11.3. The molecule has 39 heavy (non-hydrogen) atoms. The van der Waals surface area contributed by atoms with Crippen LogP contribution in [0.4, 0.5) is 17.6 Å². The summed E-state index contributed by atoms with van der Waals surface area (Å²) < 4.78 is 62.5. The van der Waals surface area contributed by atoms with Crippen molar-refractivity contribution in [3.63, 3.8) is 0 Å². The quantitative estimate of drug-likeness (QED) is 0.112. The smallest absolute Gasteiger partial charge is 0.166 e. The lowest BCUT2D eigenvalue weighted by Gasteiger charge is -2.33. The van der Waals surface area contributed by atoms with Gasteiger partial charge in [0.25, 0.3) is 0 Å². The van der Waals surface area contributed by atoms with Crippen molar-refractivity contribution in [2.75, 3.05) is 0 Å². The molecule has 5 rings (SSSR count). The van der Waals surface area contributed by atoms with E-state index < -0.39 is 45.2 Å². The molecular weight excluding hydrogens is 496 g/mol.